The van der Waals surface area contributed by atoms with Gasteiger partial charge in [0.1, 0.15) is 0 Å². The summed E-state index contributed by atoms with van der Waals surface area (Å²) in [7, 11) is 1.38. The lowest BCUT2D eigenvalue weighted by Crippen LogP contribution is -2.03. The number of hydrogen-bond donors (Lipinski definition) is 1. The molecule has 1 aromatic heterocycles. The third-order valence-corrected chi connectivity index (χ3v) is 4.19. The fourth-order valence-corrected chi connectivity index (χ4v) is 2.93. The van der Waals surface area contributed by atoms with Crippen LogP contribution in [0, 0.1) is 0 Å². The summed E-state index contributed by atoms with van der Waals surface area (Å²) in [6, 6.07) is 20.0. The molecule has 0 fully saturated rings. The number of aromatic nitrogens is 2. The highest BCUT2D eigenvalue weighted by atomic mass is 32.2. The van der Waals surface area contributed by atoms with Crippen molar-refractivity contribution in [2.24, 2.45) is 0 Å². The number of thioether (sulfide) groups is 1. The molecule has 5 heteroatoms. The number of carbonyl (C=O) groups is 1. The molecular weight excluding hydrogens is 308 g/mol. The first-order chi connectivity index (χ1) is 11.3. The minimum absolute atomic E-state index is 0.229. The lowest BCUT2D eigenvalue weighted by Gasteiger charge is -2.02. The first kappa shape index (κ1) is 15.4. The third-order valence-electron chi connectivity index (χ3n) is 3.35. The Labute approximate surface area is 138 Å². The molecule has 0 saturated carbocycles. The monoisotopic (exact) mass is 324 g/mol. The second kappa shape index (κ2) is 7.15. The minimum Gasteiger partial charge on any atom is -0.468 e. The van der Waals surface area contributed by atoms with Gasteiger partial charge in [-0.05, 0) is 0 Å². The zero-order valence-corrected chi connectivity index (χ0v) is 13.5. The van der Waals surface area contributed by atoms with Crippen LogP contribution in [0.4, 0.5) is 0 Å². The fourth-order valence-electron chi connectivity index (χ4n) is 2.22. The molecule has 0 bridgehead atoms. The maximum Gasteiger partial charge on any atom is 0.316 e. The maximum atomic E-state index is 11.3. The largest absolute Gasteiger partial charge is 0.468 e. The molecule has 0 aliphatic carbocycles. The number of esters is 1. The summed E-state index contributed by atoms with van der Waals surface area (Å²) in [4.78, 5) is 19.3. The fraction of sp³-hybridized carbons (Fsp3) is 0.111. The lowest BCUT2D eigenvalue weighted by atomic mass is 10.1. The van der Waals surface area contributed by atoms with Crippen LogP contribution in [0.1, 0.15) is 0 Å². The Morgan fingerprint density at radius 3 is 2.26 bits per heavy atom. The van der Waals surface area contributed by atoms with Gasteiger partial charge in [-0.1, -0.05) is 72.4 Å². The van der Waals surface area contributed by atoms with Crippen molar-refractivity contribution in [2.75, 3.05) is 12.9 Å². The van der Waals surface area contributed by atoms with E-state index in [9.17, 15) is 4.79 Å². The number of nitrogens with one attached hydrogen (secondary N) is 1. The molecule has 0 aliphatic rings. The van der Waals surface area contributed by atoms with Crippen LogP contribution in [0.2, 0.25) is 0 Å². The van der Waals surface area contributed by atoms with Crippen LogP contribution in [-0.2, 0) is 9.53 Å². The summed E-state index contributed by atoms with van der Waals surface area (Å²) in [5.74, 6) is -0.0409. The van der Waals surface area contributed by atoms with Crippen molar-refractivity contribution in [1.82, 2.24) is 9.97 Å². The molecule has 1 heterocycles. The highest BCUT2D eigenvalue weighted by molar-refractivity contribution is 7.99. The molecule has 3 aromatic rings. The second-order valence-corrected chi connectivity index (χ2v) is 5.83. The van der Waals surface area contributed by atoms with Gasteiger partial charge in [0.15, 0.2) is 5.16 Å². The van der Waals surface area contributed by atoms with E-state index in [-0.39, 0.29) is 11.7 Å². The van der Waals surface area contributed by atoms with E-state index in [1.165, 1.54) is 18.9 Å². The molecule has 0 amide bonds. The number of benzene rings is 2. The third kappa shape index (κ3) is 3.63. The average Bonchev–Trinajstić information content (AvgIpc) is 3.05. The number of H-pyrrole nitrogens is 1. The van der Waals surface area contributed by atoms with Crippen LogP contribution in [0.3, 0.4) is 0 Å². The number of nitrogens with zero attached hydrogens (tertiary/aromatic N) is 1. The van der Waals surface area contributed by atoms with Gasteiger partial charge in [0.2, 0.25) is 0 Å². The smallest absolute Gasteiger partial charge is 0.316 e. The predicted molar refractivity (Wildman–Crippen MR) is 92.2 cm³/mol. The van der Waals surface area contributed by atoms with Gasteiger partial charge in [-0.3, -0.25) is 4.79 Å². The SMILES string of the molecule is COC(=O)CSc1nc(-c2ccccc2)c(-c2ccccc2)[nH]1. The van der Waals surface area contributed by atoms with Gasteiger partial charge in [0.05, 0.1) is 24.3 Å². The van der Waals surface area contributed by atoms with Crippen LogP contribution in [0.15, 0.2) is 65.8 Å². The predicted octanol–water partition coefficient (Wildman–Crippen LogP) is 4.01. The Morgan fingerprint density at radius 1 is 1.04 bits per heavy atom. The summed E-state index contributed by atoms with van der Waals surface area (Å²) in [5.41, 5.74) is 3.92. The molecule has 4 nitrogen and oxygen atoms in total. The van der Waals surface area contributed by atoms with E-state index in [1.807, 2.05) is 60.7 Å². The van der Waals surface area contributed by atoms with E-state index in [4.69, 9.17) is 0 Å². The molecule has 0 unspecified atom stereocenters. The Morgan fingerprint density at radius 2 is 1.65 bits per heavy atom. The number of hydrogen-bond acceptors (Lipinski definition) is 4. The number of carbonyl (C=O) groups excluding carboxylic acids is 1. The quantitative estimate of drug-likeness (QED) is 0.569. The highest BCUT2D eigenvalue weighted by Crippen LogP contribution is 2.32. The number of imidazole rings is 1. The molecule has 0 saturated heterocycles. The van der Waals surface area contributed by atoms with Gasteiger partial charge < -0.3 is 9.72 Å². The van der Waals surface area contributed by atoms with Gasteiger partial charge in [-0.25, -0.2) is 4.98 Å². The average molecular weight is 324 g/mol. The molecule has 23 heavy (non-hydrogen) atoms. The van der Waals surface area contributed by atoms with Gasteiger partial charge in [0.25, 0.3) is 0 Å². The lowest BCUT2D eigenvalue weighted by molar-refractivity contribution is -0.137. The minimum atomic E-state index is -0.270. The Hall–Kier alpha value is -2.53. The summed E-state index contributed by atoms with van der Waals surface area (Å²) in [6.07, 6.45) is 0. The van der Waals surface area contributed by atoms with Gasteiger partial charge in [-0.15, -0.1) is 0 Å². The van der Waals surface area contributed by atoms with Gasteiger partial charge >= 0.3 is 5.97 Å². The van der Waals surface area contributed by atoms with Crippen LogP contribution in [0.5, 0.6) is 0 Å². The zero-order chi connectivity index (χ0) is 16.1. The Bertz CT molecular complexity index is 728. The molecule has 1 N–H and O–H groups in total. The Balaban J connectivity index is 1.99. The van der Waals surface area contributed by atoms with Crippen molar-refractivity contribution < 1.29 is 9.53 Å². The van der Waals surface area contributed by atoms with Crippen molar-refractivity contribution in [3.05, 3.63) is 60.7 Å². The zero-order valence-electron chi connectivity index (χ0n) is 12.7. The number of aromatic amines is 1. The molecule has 0 aliphatic heterocycles. The first-order valence-electron chi connectivity index (χ1n) is 7.18. The van der Waals surface area contributed by atoms with Crippen LogP contribution >= 0.6 is 11.8 Å². The normalized spacial score (nSPS) is 10.5. The van der Waals surface area contributed by atoms with Crippen LogP contribution < -0.4 is 0 Å². The van der Waals surface area contributed by atoms with Crippen molar-refractivity contribution in [3.8, 4) is 22.5 Å². The highest BCUT2D eigenvalue weighted by Gasteiger charge is 2.15. The summed E-state index contributed by atoms with van der Waals surface area (Å²) < 4.78 is 4.68. The van der Waals surface area contributed by atoms with Crippen LogP contribution in [-0.4, -0.2) is 28.8 Å². The summed E-state index contributed by atoms with van der Waals surface area (Å²) in [5, 5.41) is 0.702. The van der Waals surface area contributed by atoms with E-state index in [2.05, 4.69) is 14.7 Å². The van der Waals surface area contributed by atoms with E-state index in [0.29, 0.717) is 5.16 Å². The number of rotatable bonds is 5. The molecule has 2 aromatic carbocycles. The molecular formula is C18H16N2O2S. The second-order valence-electron chi connectivity index (χ2n) is 4.86. The van der Waals surface area contributed by atoms with E-state index >= 15 is 0 Å². The van der Waals surface area contributed by atoms with Crippen molar-refractivity contribution in [3.63, 3.8) is 0 Å². The molecule has 116 valence electrons. The van der Waals surface area contributed by atoms with Gasteiger partial charge in [-0.2, -0.15) is 0 Å². The summed E-state index contributed by atoms with van der Waals surface area (Å²) >= 11 is 1.34. The molecule has 0 radical (unpaired) electrons. The topological polar surface area (TPSA) is 55.0 Å². The standard InChI is InChI=1S/C18H16N2O2S/c1-22-15(21)12-23-18-19-16(13-8-4-2-5-9-13)17(20-18)14-10-6-3-7-11-14/h2-11H,12H2,1H3,(H,19,20). The van der Waals surface area contributed by atoms with E-state index in [1.54, 1.807) is 0 Å². The van der Waals surface area contributed by atoms with Crippen molar-refractivity contribution in [1.29, 1.82) is 0 Å². The van der Waals surface area contributed by atoms with Crippen molar-refractivity contribution >= 4 is 17.7 Å². The number of methoxy groups -OCH3 is 1. The van der Waals surface area contributed by atoms with E-state index in [0.717, 1.165) is 22.5 Å². The molecule has 0 atom stereocenters. The number of ether oxygens (including phenoxy) is 1. The first-order valence-corrected chi connectivity index (χ1v) is 8.17. The van der Waals surface area contributed by atoms with Crippen molar-refractivity contribution in [2.45, 2.75) is 5.16 Å². The van der Waals surface area contributed by atoms with E-state index < -0.39 is 0 Å². The van der Waals surface area contributed by atoms with Crippen LogP contribution in [0.25, 0.3) is 22.5 Å². The van der Waals surface area contributed by atoms with Gasteiger partial charge in [0, 0.05) is 11.1 Å². The maximum absolute atomic E-state index is 11.3. The Kier molecular flexibility index (Phi) is 4.78. The summed E-state index contributed by atoms with van der Waals surface area (Å²) in [6.45, 7) is 0. The molecule has 3 rings (SSSR count). The molecule has 0 spiro atoms.